The van der Waals surface area contributed by atoms with Crippen molar-refractivity contribution in [3.8, 4) is 0 Å². The van der Waals surface area contributed by atoms with Gasteiger partial charge in [0.2, 0.25) is 0 Å². The minimum absolute atomic E-state index is 0.589. The van der Waals surface area contributed by atoms with Gasteiger partial charge in [0.05, 0.1) is 15.2 Å². The van der Waals surface area contributed by atoms with Crippen molar-refractivity contribution in [1.29, 1.82) is 0 Å². The van der Waals surface area contributed by atoms with Crippen molar-refractivity contribution in [3.05, 3.63) is 28.3 Å². The van der Waals surface area contributed by atoms with Gasteiger partial charge in [-0.2, -0.15) is 0 Å². The zero-order valence-corrected chi connectivity index (χ0v) is 10.6. The molecule has 80 valence electrons. The molecule has 0 fully saturated rings. The standard InChI is InChI=1S/C13H17NS/c1-5-10-11(8(2)3)6-7-12-13(10)14-9(4)15-12/h6-8H,5H2,1-4H3. The van der Waals surface area contributed by atoms with Gasteiger partial charge in [0, 0.05) is 0 Å². The van der Waals surface area contributed by atoms with Crippen LogP contribution in [0.5, 0.6) is 0 Å². The van der Waals surface area contributed by atoms with E-state index in [2.05, 4.69) is 44.8 Å². The molecular formula is C13H17NS. The SMILES string of the molecule is CCc1c(C(C)C)ccc2sc(C)nc12. The number of nitrogens with zero attached hydrogens (tertiary/aromatic N) is 1. The van der Waals surface area contributed by atoms with Gasteiger partial charge in [-0.1, -0.05) is 26.8 Å². The van der Waals surface area contributed by atoms with Crippen LogP contribution in [-0.2, 0) is 6.42 Å². The largest absolute Gasteiger partial charge is 0.241 e. The fourth-order valence-electron chi connectivity index (χ4n) is 2.09. The summed E-state index contributed by atoms with van der Waals surface area (Å²) in [7, 11) is 0. The summed E-state index contributed by atoms with van der Waals surface area (Å²) in [6.07, 6.45) is 1.08. The van der Waals surface area contributed by atoms with Crippen molar-refractivity contribution < 1.29 is 0 Å². The molecule has 0 saturated heterocycles. The fraction of sp³-hybridized carbons (Fsp3) is 0.462. The number of thiazole rings is 1. The smallest absolute Gasteiger partial charge is 0.0907 e. The van der Waals surface area contributed by atoms with Crippen molar-refractivity contribution in [2.75, 3.05) is 0 Å². The molecule has 0 saturated carbocycles. The maximum Gasteiger partial charge on any atom is 0.0907 e. The van der Waals surface area contributed by atoms with E-state index in [-0.39, 0.29) is 0 Å². The van der Waals surface area contributed by atoms with Crippen molar-refractivity contribution in [1.82, 2.24) is 4.98 Å². The summed E-state index contributed by atoms with van der Waals surface area (Å²) in [4.78, 5) is 4.65. The molecule has 0 bridgehead atoms. The Bertz CT molecular complexity index is 482. The van der Waals surface area contributed by atoms with Gasteiger partial charge < -0.3 is 0 Å². The van der Waals surface area contributed by atoms with Gasteiger partial charge in [-0.15, -0.1) is 11.3 Å². The first-order chi connectivity index (χ1) is 7.13. The third-order valence-electron chi connectivity index (χ3n) is 2.78. The second-order valence-corrected chi connectivity index (χ2v) is 5.46. The summed E-state index contributed by atoms with van der Waals surface area (Å²) in [5, 5.41) is 1.17. The molecule has 2 heteroatoms. The number of rotatable bonds is 2. The van der Waals surface area contributed by atoms with Crippen LogP contribution in [0.2, 0.25) is 0 Å². The Morgan fingerprint density at radius 3 is 2.67 bits per heavy atom. The molecule has 1 heterocycles. The number of hydrogen-bond donors (Lipinski definition) is 0. The van der Waals surface area contributed by atoms with E-state index in [0.717, 1.165) is 6.42 Å². The normalized spacial score (nSPS) is 11.5. The fourth-order valence-corrected chi connectivity index (χ4v) is 2.94. The first-order valence-electron chi connectivity index (χ1n) is 5.52. The highest BCUT2D eigenvalue weighted by atomic mass is 32.1. The van der Waals surface area contributed by atoms with E-state index in [0.29, 0.717) is 5.92 Å². The van der Waals surface area contributed by atoms with Crippen molar-refractivity contribution >= 4 is 21.6 Å². The number of aromatic nitrogens is 1. The lowest BCUT2D eigenvalue weighted by Gasteiger charge is -2.11. The number of fused-ring (bicyclic) bond motifs is 1. The summed E-state index contributed by atoms with van der Waals surface area (Å²) in [6, 6.07) is 4.48. The maximum atomic E-state index is 4.65. The van der Waals surface area contributed by atoms with E-state index in [4.69, 9.17) is 0 Å². The first-order valence-corrected chi connectivity index (χ1v) is 6.34. The van der Waals surface area contributed by atoms with Crippen LogP contribution in [0.25, 0.3) is 10.2 Å². The van der Waals surface area contributed by atoms with Crippen LogP contribution in [0, 0.1) is 6.92 Å². The van der Waals surface area contributed by atoms with E-state index in [1.807, 2.05) is 0 Å². The third kappa shape index (κ3) is 1.78. The second-order valence-electron chi connectivity index (χ2n) is 4.22. The molecule has 0 atom stereocenters. The van der Waals surface area contributed by atoms with Crippen LogP contribution in [-0.4, -0.2) is 4.98 Å². The van der Waals surface area contributed by atoms with Crippen LogP contribution in [0.1, 0.15) is 42.8 Å². The van der Waals surface area contributed by atoms with Gasteiger partial charge in [-0.25, -0.2) is 4.98 Å². The van der Waals surface area contributed by atoms with E-state index in [1.54, 1.807) is 11.3 Å². The van der Waals surface area contributed by atoms with Gasteiger partial charge >= 0.3 is 0 Å². The topological polar surface area (TPSA) is 12.9 Å². The number of benzene rings is 1. The zero-order valence-electron chi connectivity index (χ0n) is 9.79. The summed E-state index contributed by atoms with van der Waals surface area (Å²) in [5.41, 5.74) is 4.12. The lowest BCUT2D eigenvalue weighted by molar-refractivity contribution is 0.847. The predicted octanol–water partition coefficient (Wildman–Crippen LogP) is 4.29. The Hall–Kier alpha value is -0.890. The highest BCUT2D eigenvalue weighted by molar-refractivity contribution is 7.18. The number of aryl methyl sites for hydroxylation is 2. The summed E-state index contributed by atoms with van der Waals surface area (Å²) in [5.74, 6) is 0.589. The van der Waals surface area contributed by atoms with Crippen LogP contribution in [0.15, 0.2) is 12.1 Å². The predicted molar refractivity (Wildman–Crippen MR) is 67.8 cm³/mol. The highest BCUT2D eigenvalue weighted by Gasteiger charge is 2.11. The molecule has 0 aliphatic heterocycles. The molecule has 0 N–H and O–H groups in total. The third-order valence-corrected chi connectivity index (χ3v) is 3.72. The van der Waals surface area contributed by atoms with Gasteiger partial charge in [-0.3, -0.25) is 0 Å². The van der Waals surface area contributed by atoms with Gasteiger partial charge in [-0.05, 0) is 36.5 Å². The van der Waals surface area contributed by atoms with E-state index >= 15 is 0 Å². The molecule has 1 nitrogen and oxygen atoms in total. The van der Waals surface area contributed by atoms with Crippen LogP contribution < -0.4 is 0 Å². The molecule has 15 heavy (non-hydrogen) atoms. The lowest BCUT2D eigenvalue weighted by Crippen LogP contribution is -1.96. The Morgan fingerprint density at radius 1 is 1.33 bits per heavy atom. The van der Waals surface area contributed by atoms with E-state index < -0.39 is 0 Å². The Morgan fingerprint density at radius 2 is 2.07 bits per heavy atom. The van der Waals surface area contributed by atoms with Crippen LogP contribution in [0.3, 0.4) is 0 Å². The molecule has 0 radical (unpaired) electrons. The van der Waals surface area contributed by atoms with Gasteiger partial charge in [0.1, 0.15) is 0 Å². The molecule has 1 aromatic carbocycles. The van der Waals surface area contributed by atoms with Crippen molar-refractivity contribution in [2.24, 2.45) is 0 Å². The quantitative estimate of drug-likeness (QED) is 0.734. The van der Waals surface area contributed by atoms with Crippen molar-refractivity contribution in [2.45, 2.75) is 40.0 Å². The van der Waals surface area contributed by atoms with Crippen LogP contribution >= 0.6 is 11.3 Å². The summed E-state index contributed by atoms with van der Waals surface area (Å²) < 4.78 is 1.33. The average molecular weight is 219 g/mol. The molecule has 0 spiro atoms. The van der Waals surface area contributed by atoms with Crippen LogP contribution in [0.4, 0.5) is 0 Å². The van der Waals surface area contributed by atoms with E-state index in [1.165, 1.54) is 26.4 Å². The summed E-state index contributed by atoms with van der Waals surface area (Å²) in [6.45, 7) is 8.80. The highest BCUT2D eigenvalue weighted by Crippen LogP contribution is 2.30. The molecule has 0 aliphatic rings. The zero-order chi connectivity index (χ0) is 11.0. The molecular weight excluding hydrogens is 202 g/mol. The molecule has 2 rings (SSSR count). The molecule has 0 unspecified atom stereocenters. The van der Waals surface area contributed by atoms with E-state index in [9.17, 15) is 0 Å². The average Bonchev–Trinajstić information content (AvgIpc) is 2.55. The molecule has 0 aliphatic carbocycles. The molecule has 2 aromatic rings. The molecule has 0 amide bonds. The number of hydrogen-bond acceptors (Lipinski definition) is 2. The Balaban J connectivity index is 2.74. The second kappa shape index (κ2) is 3.93. The van der Waals surface area contributed by atoms with Gasteiger partial charge in [0.25, 0.3) is 0 Å². The minimum Gasteiger partial charge on any atom is -0.241 e. The Labute approximate surface area is 95.2 Å². The molecule has 1 aromatic heterocycles. The summed E-state index contributed by atoms with van der Waals surface area (Å²) >= 11 is 1.79. The lowest BCUT2D eigenvalue weighted by atomic mass is 9.95. The monoisotopic (exact) mass is 219 g/mol. The first kappa shape index (κ1) is 10.6. The Kier molecular flexibility index (Phi) is 2.79. The minimum atomic E-state index is 0.589. The maximum absolute atomic E-state index is 4.65. The van der Waals surface area contributed by atoms with Crippen molar-refractivity contribution in [3.63, 3.8) is 0 Å². The van der Waals surface area contributed by atoms with Gasteiger partial charge in [0.15, 0.2) is 0 Å².